The molecule has 0 amide bonds. The summed E-state index contributed by atoms with van der Waals surface area (Å²) in [5.74, 6) is 1.17. The summed E-state index contributed by atoms with van der Waals surface area (Å²) in [5, 5.41) is 0. The van der Waals surface area contributed by atoms with Crippen molar-refractivity contribution in [3.05, 3.63) is 0 Å². The molecule has 0 saturated heterocycles. The van der Waals surface area contributed by atoms with Gasteiger partial charge in [0.2, 0.25) is 0 Å². The smallest absolute Gasteiger partial charge is 0.306 e. The number of ether oxygens (including phenoxy) is 2. The van der Waals surface area contributed by atoms with E-state index in [1.165, 1.54) is 19.3 Å². The largest absolute Gasteiger partial charge is 0.465 e. The van der Waals surface area contributed by atoms with E-state index in [4.69, 9.17) is 4.74 Å². The monoisotopic (exact) mass is 330 g/mol. The van der Waals surface area contributed by atoms with Gasteiger partial charge in [-0.05, 0) is 56.3 Å². The highest BCUT2D eigenvalue weighted by Gasteiger charge is 2.51. The Kier molecular flexibility index (Phi) is 4.87. The molecule has 4 rings (SSSR count). The van der Waals surface area contributed by atoms with Crippen molar-refractivity contribution in [3.63, 3.8) is 0 Å². The van der Waals surface area contributed by atoms with E-state index in [-0.39, 0.29) is 18.3 Å². The lowest BCUT2D eigenvalue weighted by atomic mass is 9.50. The van der Waals surface area contributed by atoms with Crippen LogP contribution in [0.4, 0.5) is 8.78 Å². The maximum Gasteiger partial charge on any atom is 0.306 e. The molecule has 0 spiro atoms. The van der Waals surface area contributed by atoms with Gasteiger partial charge in [0.05, 0.1) is 19.4 Å². The molecule has 23 heavy (non-hydrogen) atoms. The summed E-state index contributed by atoms with van der Waals surface area (Å²) >= 11 is 0. The van der Waals surface area contributed by atoms with Crippen LogP contribution in [-0.2, 0) is 19.1 Å². The Bertz CT molecular complexity index is 428. The van der Waals surface area contributed by atoms with Crippen LogP contribution in [0.3, 0.4) is 0 Å². The highest BCUT2D eigenvalue weighted by atomic mass is 19.3. The van der Waals surface area contributed by atoms with E-state index in [0.717, 1.165) is 37.0 Å². The molecule has 130 valence electrons. The average molecular weight is 330 g/mol. The first-order valence-corrected chi connectivity index (χ1v) is 8.53. The minimum atomic E-state index is -2.68. The van der Waals surface area contributed by atoms with Crippen molar-refractivity contribution >= 4 is 11.9 Å². The summed E-state index contributed by atoms with van der Waals surface area (Å²) in [6.45, 7) is -0.470. The van der Waals surface area contributed by atoms with Gasteiger partial charge in [0.1, 0.15) is 0 Å². The van der Waals surface area contributed by atoms with Crippen molar-refractivity contribution in [2.75, 3.05) is 13.2 Å². The molecule has 0 N–H and O–H groups in total. The second-order valence-corrected chi connectivity index (χ2v) is 7.65. The zero-order valence-electron chi connectivity index (χ0n) is 13.3. The molecule has 4 saturated carbocycles. The molecule has 4 fully saturated rings. The molecule has 0 aromatic heterocycles. The van der Waals surface area contributed by atoms with E-state index in [0.29, 0.717) is 6.61 Å². The zero-order chi connectivity index (χ0) is 16.4. The van der Waals surface area contributed by atoms with Gasteiger partial charge in [-0.1, -0.05) is 0 Å². The Balaban J connectivity index is 1.39. The minimum absolute atomic E-state index is 0.103. The molecule has 4 nitrogen and oxygen atoms in total. The molecule has 4 aliphatic carbocycles. The third-order valence-corrected chi connectivity index (χ3v) is 5.61. The normalized spacial score (nSPS) is 34.7. The van der Waals surface area contributed by atoms with Gasteiger partial charge in [0, 0.05) is 5.41 Å². The standard InChI is InChI=1S/C17H24F2O4/c18-14(19)9-22-15(20)1-2-16(21)23-10-17-6-11-3-12(7-17)5-13(4-11)8-17/h11-14H,1-10H2. The Morgan fingerprint density at radius 2 is 1.39 bits per heavy atom. The van der Waals surface area contributed by atoms with E-state index < -0.39 is 25.0 Å². The Morgan fingerprint density at radius 3 is 1.87 bits per heavy atom. The summed E-state index contributed by atoms with van der Waals surface area (Å²) in [4.78, 5) is 23.0. The van der Waals surface area contributed by atoms with Gasteiger partial charge in [-0.25, -0.2) is 8.78 Å². The van der Waals surface area contributed by atoms with E-state index in [2.05, 4.69) is 4.74 Å². The van der Waals surface area contributed by atoms with Crippen molar-refractivity contribution in [2.24, 2.45) is 23.2 Å². The molecule has 0 aromatic carbocycles. The second-order valence-electron chi connectivity index (χ2n) is 7.65. The van der Waals surface area contributed by atoms with Gasteiger partial charge in [-0.2, -0.15) is 0 Å². The fourth-order valence-corrected chi connectivity index (χ4v) is 5.20. The third kappa shape index (κ3) is 4.21. The first kappa shape index (κ1) is 16.7. The molecule has 4 bridgehead atoms. The van der Waals surface area contributed by atoms with Gasteiger partial charge >= 0.3 is 11.9 Å². The number of rotatable bonds is 7. The Labute approximate surface area is 134 Å². The second kappa shape index (κ2) is 6.73. The van der Waals surface area contributed by atoms with Crippen molar-refractivity contribution in [3.8, 4) is 0 Å². The number of carbonyl (C=O) groups is 2. The lowest BCUT2D eigenvalue weighted by Crippen LogP contribution is -2.48. The first-order valence-electron chi connectivity index (χ1n) is 8.53. The Hall–Kier alpha value is -1.20. The number of carbonyl (C=O) groups excluding carboxylic acids is 2. The van der Waals surface area contributed by atoms with Crippen LogP contribution in [0.2, 0.25) is 0 Å². The summed E-state index contributed by atoms with van der Waals surface area (Å²) in [5.41, 5.74) is 0.153. The van der Waals surface area contributed by atoms with Crippen molar-refractivity contribution < 1.29 is 27.8 Å². The maximum absolute atomic E-state index is 11.9. The highest BCUT2D eigenvalue weighted by molar-refractivity contribution is 5.77. The Morgan fingerprint density at radius 1 is 0.913 bits per heavy atom. The first-order chi connectivity index (χ1) is 10.9. The van der Waals surface area contributed by atoms with E-state index >= 15 is 0 Å². The molecule has 6 heteroatoms. The number of halogens is 2. The number of alkyl halides is 2. The van der Waals surface area contributed by atoms with E-state index in [1.807, 2.05) is 0 Å². The van der Waals surface area contributed by atoms with Crippen molar-refractivity contribution in [1.82, 2.24) is 0 Å². The number of hydrogen-bond acceptors (Lipinski definition) is 4. The predicted octanol–water partition coefficient (Wildman–Crippen LogP) is 3.33. The van der Waals surface area contributed by atoms with Crippen LogP contribution in [0.5, 0.6) is 0 Å². The summed E-state index contributed by atoms with van der Waals surface area (Å²) in [6.07, 6.45) is 4.49. The molecular weight excluding hydrogens is 306 g/mol. The van der Waals surface area contributed by atoms with Gasteiger partial charge < -0.3 is 9.47 Å². The quantitative estimate of drug-likeness (QED) is 0.672. The van der Waals surface area contributed by atoms with Crippen LogP contribution in [0.25, 0.3) is 0 Å². The highest BCUT2D eigenvalue weighted by Crippen LogP contribution is 2.60. The zero-order valence-corrected chi connectivity index (χ0v) is 13.3. The minimum Gasteiger partial charge on any atom is -0.465 e. The lowest BCUT2D eigenvalue weighted by molar-refractivity contribution is -0.159. The summed E-state index contributed by atoms with van der Waals surface area (Å²) in [7, 11) is 0. The fourth-order valence-electron chi connectivity index (χ4n) is 5.20. The topological polar surface area (TPSA) is 52.6 Å². The van der Waals surface area contributed by atoms with Crippen LogP contribution < -0.4 is 0 Å². The summed E-state index contributed by atoms with van der Waals surface area (Å²) < 4.78 is 33.6. The van der Waals surface area contributed by atoms with Gasteiger partial charge in [0.15, 0.2) is 6.61 Å². The van der Waals surface area contributed by atoms with Crippen LogP contribution in [-0.4, -0.2) is 31.6 Å². The lowest BCUT2D eigenvalue weighted by Gasteiger charge is -2.56. The van der Waals surface area contributed by atoms with Gasteiger partial charge in [-0.3, -0.25) is 9.59 Å². The average Bonchev–Trinajstić information content (AvgIpc) is 2.47. The number of hydrogen-bond donors (Lipinski definition) is 0. The molecule has 0 heterocycles. The maximum atomic E-state index is 11.9. The predicted molar refractivity (Wildman–Crippen MR) is 77.8 cm³/mol. The van der Waals surface area contributed by atoms with E-state index in [9.17, 15) is 18.4 Å². The van der Waals surface area contributed by atoms with Crippen molar-refractivity contribution in [1.29, 1.82) is 0 Å². The molecule has 0 aliphatic heterocycles. The fraction of sp³-hybridized carbons (Fsp3) is 0.882. The number of esters is 2. The van der Waals surface area contributed by atoms with Gasteiger partial charge in [0.25, 0.3) is 6.43 Å². The SMILES string of the molecule is O=C(CCC(=O)OCC12CC3CC(CC(C3)C1)C2)OCC(F)F. The van der Waals surface area contributed by atoms with Crippen LogP contribution in [0, 0.1) is 23.2 Å². The molecule has 0 radical (unpaired) electrons. The van der Waals surface area contributed by atoms with Gasteiger partial charge in [-0.15, -0.1) is 0 Å². The summed E-state index contributed by atoms with van der Waals surface area (Å²) in [6, 6.07) is 0. The molecule has 4 aliphatic rings. The van der Waals surface area contributed by atoms with Crippen LogP contribution >= 0.6 is 0 Å². The van der Waals surface area contributed by atoms with E-state index in [1.54, 1.807) is 0 Å². The van der Waals surface area contributed by atoms with Crippen LogP contribution in [0.15, 0.2) is 0 Å². The molecular formula is C17H24F2O4. The molecule has 0 atom stereocenters. The molecule has 0 unspecified atom stereocenters. The third-order valence-electron chi connectivity index (χ3n) is 5.61. The molecule has 0 aromatic rings. The van der Waals surface area contributed by atoms with Crippen LogP contribution in [0.1, 0.15) is 51.4 Å². The van der Waals surface area contributed by atoms with Crippen molar-refractivity contribution in [2.45, 2.75) is 57.8 Å².